The summed E-state index contributed by atoms with van der Waals surface area (Å²) in [5.41, 5.74) is 1.99. The maximum atomic E-state index is 10.7. The Hall–Kier alpha value is -2.83. The molecule has 5 atom stereocenters. The molecule has 0 aliphatic carbocycles. The SMILES string of the molecule is OCC1OC(n2c(NCc3ccccc3)nc3c(NC4CCOC4)ncnc32)C(O)C1O. The molecule has 2 fully saturated rings. The van der Waals surface area contributed by atoms with E-state index in [9.17, 15) is 15.3 Å². The van der Waals surface area contributed by atoms with Crippen molar-refractivity contribution < 1.29 is 24.8 Å². The fraction of sp³-hybridized carbons (Fsp3) is 0.476. The highest BCUT2D eigenvalue weighted by atomic mass is 16.6. The zero-order chi connectivity index (χ0) is 22.1. The first-order valence-electron chi connectivity index (χ1n) is 10.6. The monoisotopic (exact) mass is 442 g/mol. The lowest BCUT2D eigenvalue weighted by molar-refractivity contribution is -0.0501. The molecule has 0 radical (unpaired) electrons. The number of fused-ring (bicyclic) bond motifs is 1. The molecular formula is C21H26N6O5. The second-order valence-corrected chi connectivity index (χ2v) is 7.97. The number of nitrogens with zero attached hydrogens (tertiary/aromatic N) is 4. The summed E-state index contributed by atoms with van der Waals surface area (Å²) >= 11 is 0. The van der Waals surface area contributed by atoms with Crippen LogP contribution in [0.4, 0.5) is 11.8 Å². The summed E-state index contributed by atoms with van der Waals surface area (Å²) in [6.07, 6.45) is -2.12. The van der Waals surface area contributed by atoms with Crippen LogP contribution in [-0.4, -0.2) is 79.0 Å². The molecule has 11 heteroatoms. The van der Waals surface area contributed by atoms with Crippen LogP contribution in [-0.2, 0) is 16.0 Å². The van der Waals surface area contributed by atoms with Crippen molar-refractivity contribution in [2.45, 2.75) is 43.5 Å². The number of benzene rings is 1. The molecule has 2 aromatic heterocycles. The second-order valence-electron chi connectivity index (χ2n) is 7.97. The van der Waals surface area contributed by atoms with Crippen LogP contribution in [0.2, 0.25) is 0 Å². The van der Waals surface area contributed by atoms with Gasteiger partial charge in [0.2, 0.25) is 5.95 Å². The average Bonchev–Trinajstić information content (AvgIpc) is 3.52. The number of rotatable bonds is 7. The molecule has 0 amide bonds. The first-order valence-corrected chi connectivity index (χ1v) is 10.6. The third-order valence-corrected chi connectivity index (χ3v) is 5.81. The molecule has 4 heterocycles. The van der Waals surface area contributed by atoms with Gasteiger partial charge in [-0.1, -0.05) is 30.3 Å². The number of ether oxygens (including phenoxy) is 2. The van der Waals surface area contributed by atoms with Gasteiger partial charge in [-0.15, -0.1) is 0 Å². The Morgan fingerprint density at radius 3 is 2.69 bits per heavy atom. The van der Waals surface area contributed by atoms with E-state index >= 15 is 0 Å². The molecule has 11 nitrogen and oxygen atoms in total. The minimum atomic E-state index is -1.27. The summed E-state index contributed by atoms with van der Waals surface area (Å²) < 4.78 is 12.8. The van der Waals surface area contributed by atoms with Crippen molar-refractivity contribution in [1.29, 1.82) is 0 Å². The van der Waals surface area contributed by atoms with Gasteiger partial charge in [0.25, 0.3) is 0 Å². The van der Waals surface area contributed by atoms with Crippen LogP contribution in [0.25, 0.3) is 11.2 Å². The van der Waals surface area contributed by atoms with Crippen LogP contribution in [0.3, 0.4) is 0 Å². The number of nitrogens with one attached hydrogen (secondary N) is 2. The molecule has 5 N–H and O–H groups in total. The second kappa shape index (κ2) is 8.96. The first kappa shape index (κ1) is 21.0. The predicted molar refractivity (Wildman–Crippen MR) is 115 cm³/mol. The molecule has 5 rings (SSSR count). The van der Waals surface area contributed by atoms with Gasteiger partial charge in [-0.2, -0.15) is 0 Å². The van der Waals surface area contributed by atoms with Crippen molar-refractivity contribution >= 4 is 22.9 Å². The van der Waals surface area contributed by atoms with Crippen LogP contribution in [0.1, 0.15) is 18.2 Å². The lowest BCUT2D eigenvalue weighted by atomic mass is 10.1. The molecule has 32 heavy (non-hydrogen) atoms. The first-order chi connectivity index (χ1) is 15.7. The van der Waals surface area contributed by atoms with E-state index in [-0.39, 0.29) is 6.04 Å². The number of anilines is 2. The quantitative estimate of drug-likeness (QED) is 0.345. The molecule has 2 aliphatic heterocycles. The average molecular weight is 442 g/mol. The van der Waals surface area contributed by atoms with Crippen LogP contribution in [0.5, 0.6) is 0 Å². The Morgan fingerprint density at radius 2 is 1.97 bits per heavy atom. The van der Waals surface area contributed by atoms with Crippen molar-refractivity contribution in [3.63, 3.8) is 0 Å². The highest BCUT2D eigenvalue weighted by molar-refractivity contribution is 5.85. The fourth-order valence-corrected chi connectivity index (χ4v) is 4.09. The Kier molecular flexibility index (Phi) is 5.89. The van der Waals surface area contributed by atoms with E-state index in [2.05, 4.69) is 20.6 Å². The predicted octanol–water partition coefficient (Wildman–Crippen LogP) is 0.251. The standard InChI is InChI=1S/C21H26N6O5/c28-9-14-16(29)17(30)20(32-14)27-19-15(18(23-11-24-19)25-13-6-7-31-10-13)26-21(27)22-8-12-4-2-1-3-5-12/h1-5,11,13-14,16-17,20,28-30H,6-10H2,(H,22,26)(H,23,24,25). The van der Waals surface area contributed by atoms with Crippen molar-refractivity contribution in [3.05, 3.63) is 42.2 Å². The maximum absolute atomic E-state index is 10.7. The molecule has 5 unspecified atom stereocenters. The van der Waals surface area contributed by atoms with Crippen molar-refractivity contribution in [1.82, 2.24) is 19.5 Å². The van der Waals surface area contributed by atoms with E-state index < -0.39 is 31.1 Å². The summed E-state index contributed by atoms with van der Waals surface area (Å²) in [4.78, 5) is 13.5. The number of hydrogen-bond acceptors (Lipinski definition) is 10. The third kappa shape index (κ3) is 3.89. The summed E-state index contributed by atoms with van der Waals surface area (Å²) in [5.74, 6) is 0.962. The van der Waals surface area contributed by atoms with Crippen LogP contribution in [0.15, 0.2) is 36.7 Å². The lowest BCUT2D eigenvalue weighted by Gasteiger charge is -2.20. The lowest BCUT2D eigenvalue weighted by Crippen LogP contribution is -2.33. The maximum Gasteiger partial charge on any atom is 0.207 e. The topological polar surface area (TPSA) is 147 Å². The van der Waals surface area contributed by atoms with Gasteiger partial charge in [0.1, 0.15) is 24.6 Å². The van der Waals surface area contributed by atoms with Crippen LogP contribution < -0.4 is 10.6 Å². The summed E-state index contributed by atoms with van der Waals surface area (Å²) in [6, 6.07) is 9.93. The molecule has 170 valence electrons. The van der Waals surface area contributed by atoms with Gasteiger partial charge in [0.05, 0.1) is 19.3 Å². The molecular weight excluding hydrogens is 416 g/mol. The van der Waals surface area contributed by atoms with E-state index in [1.165, 1.54) is 6.33 Å². The number of hydrogen-bond donors (Lipinski definition) is 5. The van der Waals surface area contributed by atoms with Gasteiger partial charge in [-0.3, -0.25) is 4.57 Å². The van der Waals surface area contributed by atoms with Gasteiger partial charge in [0, 0.05) is 13.2 Å². The molecule has 0 saturated carbocycles. The molecule has 3 aromatic rings. The van der Waals surface area contributed by atoms with Crippen molar-refractivity contribution in [2.24, 2.45) is 0 Å². The Bertz CT molecular complexity index is 1060. The Morgan fingerprint density at radius 1 is 1.12 bits per heavy atom. The minimum absolute atomic E-state index is 0.118. The van der Waals surface area contributed by atoms with E-state index in [1.807, 2.05) is 30.3 Å². The Balaban J connectivity index is 1.54. The summed E-state index contributed by atoms with van der Waals surface area (Å²) in [7, 11) is 0. The normalized spacial score (nSPS) is 27.8. The highest BCUT2D eigenvalue weighted by Crippen LogP contribution is 2.35. The zero-order valence-corrected chi connectivity index (χ0v) is 17.3. The number of aliphatic hydroxyl groups is 3. The van der Waals surface area contributed by atoms with Crippen molar-refractivity contribution in [2.75, 3.05) is 30.5 Å². The number of aromatic nitrogens is 4. The van der Waals surface area contributed by atoms with E-state index in [4.69, 9.17) is 14.5 Å². The highest BCUT2D eigenvalue weighted by Gasteiger charge is 2.45. The zero-order valence-electron chi connectivity index (χ0n) is 17.3. The summed E-state index contributed by atoms with van der Waals surface area (Å²) in [6.45, 7) is 1.33. The molecule has 0 bridgehead atoms. The smallest absolute Gasteiger partial charge is 0.207 e. The van der Waals surface area contributed by atoms with Crippen LogP contribution in [0, 0.1) is 0 Å². The van der Waals surface area contributed by atoms with Gasteiger partial charge < -0.3 is 35.4 Å². The third-order valence-electron chi connectivity index (χ3n) is 5.81. The fourth-order valence-electron chi connectivity index (χ4n) is 4.09. The van der Waals surface area contributed by atoms with Gasteiger partial charge in [-0.25, -0.2) is 15.0 Å². The molecule has 1 aromatic carbocycles. The molecule has 2 aliphatic rings. The Labute approximate surface area is 184 Å². The summed E-state index contributed by atoms with van der Waals surface area (Å²) in [5, 5.41) is 37.1. The van der Waals surface area contributed by atoms with E-state index in [1.54, 1.807) is 4.57 Å². The van der Waals surface area contributed by atoms with Gasteiger partial charge in [-0.05, 0) is 12.0 Å². The van der Waals surface area contributed by atoms with Crippen LogP contribution >= 0.6 is 0 Å². The largest absolute Gasteiger partial charge is 0.394 e. The van der Waals surface area contributed by atoms with E-state index in [0.717, 1.165) is 12.0 Å². The molecule has 2 saturated heterocycles. The minimum Gasteiger partial charge on any atom is -0.394 e. The van der Waals surface area contributed by atoms with Crippen molar-refractivity contribution in [3.8, 4) is 0 Å². The number of aliphatic hydroxyl groups excluding tert-OH is 3. The van der Waals surface area contributed by atoms with Gasteiger partial charge in [0.15, 0.2) is 23.2 Å². The van der Waals surface area contributed by atoms with E-state index in [0.29, 0.717) is 42.7 Å². The van der Waals surface area contributed by atoms with Gasteiger partial charge >= 0.3 is 0 Å². The number of imidazole rings is 1. The molecule has 0 spiro atoms.